The number of azo groups is 1. The lowest BCUT2D eigenvalue weighted by Crippen LogP contribution is -2.41. The fourth-order valence-electron chi connectivity index (χ4n) is 3.13. The van der Waals surface area contributed by atoms with Gasteiger partial charge >= 0.3 is 7.12 Å². The maximum atomic E-state index is 14.8. The molecule has 1 atom stereocenters. The summed E-state index contributed by atoms with van der Waals surface area (Å²) in [4.78, 5) is 2.00. The number of allylic oxidation sites excluding steroid dienone is 3. The number of nitrogens with zero attached hydrogens (tertiary/aromatic N) is 3. The van der Waals surface area contributed by atoms with Gasteiger partial charge in [0.2, 0.25) is 0 Å². The molecule has 0 spiro atoms. The Morgan fingerprint density at radius 2 is 1.54 bits per heavy atom. The highest BCUT2D eigenvalue weighted by atomic mass is 19.1. The van der Waals surface area contributed by atoms with Crippen LogP contribution in [0, 0.1) is 0 Å². The molecule has 1 fully saturated rings. The SMILES string of the molecule is CN(C)c1ccc(/N=N/C2=CCC(C)(B3OC(C)(C)C(C)(C)O3)C=C2F)cc1. The molecule has 28 heavy (non-hydrogen) atoms. The first-order chi connectivity index (χ1) is 12.9. The molecule has 1 aliphatic heterocycles. The van der Waals surface area contributed by atoms with Crippen molar-refractivity contribution in [3.63, 3.8) is 0 Å². The van der Waals surface area contributed by atoms with E-state index in [1.165, 1.54) is 0 Å². The molecule has 1 aliphatic carbocycles. The zero-order chi connectivity index (χ0) is 20.7. The predicted molar refractivity (Wildman–Crippen MR) is 112 cm³/mol. The molecule has 0 N–H and O–H groups in total. The third-order valence-electron chi connectivity index (χ3n) is 5.87. The van der Waals surface area contributed by atoms with Crippen LogP contribution >= 0.6 is 0 Å². The normalized spacial score (nSPS) is 26.4. The summed E-state index contributed by atoms with van der Waals surface area (Å²) >= 11 is 0. The lowest BCUT2D eigenvalue weighted by Gasteiger charge is -2.32. The van der Waals surface area contributed by atoms with Crippen molar-refractivity contribution in [3.8, 4) is 0 Å². The van der Waals surface area contributed by atoms with Crippen LogP contribution in [-0.4, -0.2) is 32.4 Å². The van der Waals surface area contributed by atoms with Gasteiger partial charge < -0.3 is 14.2 Å². The summed E-state index contributed by atoms with van der Waals surface area (Å²) in [6.07, 6.45) is 3.88. The molecule has 0 saturated carbocycles. The van der Waals surface area contributed by atoms with Gasteiger partial charge in [0.25, 0.3) is 0 Å². The minimum absolute atomic E-state index is 0.241. The molecule has 150 valence electrons. The maximum absolute atomic E-state index is 14.8. The second kappa shape index (κ2) is 7.12. The molecule has 1 unspecified atom stereocenters. The van der Waals surface area contributed by atoms with Crippen LogP contribution in [0.25, 0.3) is 0 Å². The molecule has 1 aromatic rings. The molecule has 0 aromatic heterocycles. The molecular weight excluding hydrogens is 356 g/mol. The number of hydrogen-bond acceptors (Lipinski definition) is 5. The monoisotopic (exact) mass is 385 g/mol. The van der Waals surface area contributed by atoms with Crippen LogP contribution in [0.5, 0.6) is 0 Å². The third-order valence-corrected chi connectivity index (χ3v) is 5.87. The van der Waals surface area contributed by atoms with E-state index in [4.69, 9.17) is 9.31 Å². The number of hydrogen-bond donors (Lipinski definition) is 0. The van der Waals surface area contributed by atoms with Crippen LogP contribution in [0.4, 0.5) is 15.8 Å². The Bertz CT molecular complexity index is 815. The van der Waals surface area contributed by atoms with E-state index < -0.39 is 29.5 Å². The summed E-state index contributed by atoms with van der Waals surface area (Å²) in [5, 5.41) is 7.68. The van der Waals surface area contributed by atoms with Gasteiger partial charge in [-0.1, -0.05) is 13.0 Å². The standard InChI is InChI=1S/C21H29BFN3O2/c1-19(2)20(3,4)28-22(27-19)21(5)13-12-18(17(23)14-21)25-24-15-8-10-16(11-9-15)26(6)7/h8-12,14H,13H2,1-7H3/b25-24+. The van der Waals surface area contributed by atoms with Crippen LogP contribution in [0.1, 0.15) is 41.0 Å². The third kappa shape index (κ3) is 3.91. The van der Waals surface area contributed by atoms with E-state index in [0.717, 1.165) is 5.69 Å². The molecule has 7 heteroatoms. The van der Waals surface area contributed by atoms with E-state index in [1.54, 1.807) is 12.2 Å². The van der Waals surface area contributed by atoms with Gasteiger partial charge in [-0.3, -0.25) is 0 Å². The summed E-state index contributed by atoms with van der Waals surface area (Å²) < 4.78 is 27.0. The number of anilines is 1. The van der Waals surface area contributed by atoms with Crippen molar-refractivity contribution in [1.29, 1.82) is 0 Å². The summed E-state index contributed by atoms with van der Waals surface area (Å²) in [5.41, 5.74) is 1.09. The molecule has 1 aromatic carbocycles. The number of rotatable bonds is 4. The van der Waals surface area contributed by atoms with Crippen LogP contribution in [0.3, 0.4) is 0 Å². The molecule has 1 heterocycles. The topological polar surface area (TPSA) is 46.4 Å². The zero-order valence-corrected chi connectivity index (χ0v) is 17.8. The molecule has 2 aliphatic rings. The summed E-state index contributed by atoms with van der Waals surface area (Å²) in [6.45, 7) is 9.93. The van der Waals surface area contributed by atoms with E-state index in [1.807, 2.05) is 77.9 Å². The van der Waals surface area contributed by atoms with E-state index in [0.29, 0.717) is 12.1 Å². The fraction of sp³-hybridized carbons (Fsp3) is 0.524. The van der Waals surface area contributed by atoms with E-state index in [2.05, 4.69) is 10.2 Å². The molecule has 5 nitrogen and oxygen atoms in total. The van der Waals surface area contributed by atoms with Gasteiger partial charge in [0, 0.05) is 25.1 Å². The Morgan fingerprint density at radius 3 is 2.04 bits per heavy atom. The van der Waals surface area contributed by atoms with Gasteiger partial charge in [-0.05, 0) is 64.5 Å². The molecule has 1 saturated heterocycles. The highest BCUT2D eigenvalue weighted by molar-refractivity contribution is 6.50. The second-order valence-electron chi connectivity index (χ2n) is 8.99. The smallest absolute Gasteiger partial charge is 0.403 e. The van der Waals surface area contributed by atoms with Gasteiger partial charge in [-0.2, -0.15) is 5.11 Å². The Balaban J connectivity index is 1.72. The van der Waals surface area contributed by atoms with Crippen molar-refractivity contribution in [2.24, 2.45) is 10.2 Å². The van der Waals surface area contributed by atoms with Crippen molar-refractivity contribution < 1.29 is 13.7 Å². The lowest BCUT2D eigenvalue weighted by atomic mass is 9.55. The highest BCUT2D eigenvalue weighted by Gasteiger charge is 2.57. The van der Waals surface area contributed by atoms with Crippen LogP contribution in [-0.2, 0) is 9.31 Å². The van der Waals surface area contributed by atoms with Crippen molar-refractivity contribution in [2.45, 2.75) is 57.6 Å². The Labute approximate surface area is 167 Å². The van der Waals surface area contributed by atoms with E-state index in [-0.39, 0.29) is 5.70 Å². The molecule has 0 amide bonds. The predicted octanol–water partition coefficient (Wildman–Crippen LogP) is 5.83. The second-order valence-corrected chi connectivity index (χ2v) is 8.99. The average molecular weight is 385 g/mol. The Hall–Kier alpha value is -1.99. The maximum Gasteiger partial charge on any atom is 0.468 e. The summed E-state index contributed by atoms with van der Waals surface area (Å²) in [7, 11) is 3.43. The van der Waals surface area contributed by atoms with Gasteiger partial charge in [-0.15, -0.1) is 5.11 Å². The largest absolute Gasteiger partial charge is 0.468 e. The first kappa shape index (κ1) is 20.7. The lowest BCUT2D eigenvalue weighted by molar-refractivity contribution is 0.00578. The van der Waals surface area contributed by atoms with Crippen LogP contribution in [0.2, 0.25) is 5.31 Å². The quantitative estimate of drug-likeness (QED) is 0.484. The Kier molecular flexibility index (Phi) is 5.27. The minimum atomic E-state index is -0.596. The van der Waals surface area contributed by atoms with Crippen molar-refractivity contribution in [3.05, 3.63) is 47.9 Å². The first-order valence-corrected chi connectivity index (χ1v) is 9.57. The van der Waals surface area contributed by atoms with Gasteiger partial charge in [0.05, 0.1) is 16.9 Å². The molecule has 0 bridgehead atoms. The van der Waals surface area contributed by atoms with Crippen molar-refractivity contribution >= 4 is 18.5 Å². The molecule has 3 rings (SSSR count). The highest BCUT2D eigenvalue weighted by Crippen LogP contribution is 2.50. The van der Waals surface area contributed by atoms with E-state index in [9.17, 15) is 4.39 Å². The van der Waals surface area contributed by atoms with Crippen molar-refractivity contribution in [1.82, 2.24) is 0 Å². The van der Waals surface area contributed by atoms with Gasteiger partial charge in [0.15, 0.2) is 0 Å². The van der Waals surface area contributed by atoms with Crippen LogP contribution < -0.4 is 4.90 Å². The molecular formula is C21H29BFN3O2. The van der Waals surface area contributed by atoms with Crippen molar-refractivity contribution in [2.75, 3.05) is 19.0 Å². The van der Waals surface area contributed by atoms with E-state index >= 15 is 0 Å². The zero-order valence-electron chi connectivity index (χ0n) is 17.8. The number of benzene rings is 1. The fourth-order valence-corrected chi connectivity index (χ4v) is 3.13. The van der Waals surface area contributed by atoms with Gasteiger partial charge in [0.1, 0.15) is 11.5 Å². The first-order valence-electron chi connectivity index (χ1n) is 9.57. The Morgan fingerprint density at radius 1 is 0.964 bits per heavy atom. The number of halogens is 1. The summed E-state index contributed by atoms with van der Waals surface area (Å²) in [6, 6.07) is 7.62. The van der Waals surface area contributed by atoms with Gasteiger partial charge in [-0.25, -0.2) is 4.39 Å². The molecule has 0 radical (unpaired) electrons. The minimum Gasteiger partial charge on any atom is -0.403 e. The average Bonchev–Trinajstić information content (AvgIpc) is 2.83. The van der Waals surface area contributed by atoms with Crippen LogP contribution in [0.15, 0.2) is 58.2 Å². The summed E-state index contributed by atoms with van der Waals surface area (Å²) in [5.74, 6) is -0.405.